The van der Waals surface area contributed by atoms with Crippen molar-refractivity contribution < 1.29 is 14.3 Å². The number of hydrogen-bond acceptors (Lipinski definition) is 6. The number of hydrogen-bond donors (Lipinski definition) is 1. The molecule has 2 aromatic heterocycles. The molecule has 1 fully saturated rings. The van der Waals surface area contributed by atoms with Gasteiger partial charge in [0.1, 0.15) is 22.4 Å². The molecule has 0 radical (unpaired) electrons. The lowest BCUT2D eigenvalue weighted by Crippen LogP contribution is -2.33. The van der Waals surface area contributed by atoms with Crippen LogP contribution in [0.3, 0.4) is 0 Å². The summed E-state index contributed by atoms with van der Waals surface area (Å²) < 4.78 is 6.96. The Morgan fingerprint density at radius 2 is 1.94 bits per heavy atom. The van der Waals surface area contributed by atoms with Crippen LogP contribution in [0.15, 0.2) is 41.5 Å². The van der Waals surface area contributed by atoms with Gasteiger partial charge in [-0.1, -0.05) is 36.8 Å². The Kier molecular flexibility index (Phi) is 6.99. The molecule has 7 nitrogen and oxygen atoms in total. The summed E-state index contributed by atoms with van der Waals surface area (Å²) in [4.78, 5) is 43.3. The second-order valence-corrected chi connectivity index (χ2v) is 9.16. The molecule has 32 heavy (non-hydrogen) atoms. The van der Waals surface area contributed by atoms with E-state index in [4.69, 9.17) is 4.74 Å². The average Bonchev–Trinajstić information content (AvgIpc) is 3.14. The van der Waals surface area contributed by atoms with Gasteiger partial charge in [0.2, 0.25) is 5.91 Å². The lowest BCUT2D eigenvalue weighted by molar-refractivity contribution is -0.121. The number of nitrogens with one attached hydrogen (secondary N) is 1. The summed E-state index contributed by atoms with van der Waals surface area (Å²) in [5.74, 6) is -0.643. The van der Waals surface area contributed by atoms with Crippen molar-refractivity contribution in [2.24, 2.45) is 0 Å². The van der Waals surface area contributed by atoms with E-state index in [1.165, 1.54) is 28.7 Å². The first-order valence-electron chi connectivity index (χ1n) is 11.0. The van der Waals surface area contributed by atoms with Crippen molar-refractivity contribution in [3.8, 4) is 0 Å². The van der Waals surface area contributed by atoms with Gasteiger partial charge in [-0.05, 0) is 50.2 Å². The second kappa shape index (κ2) is 10.1. The lowest BCUT2D eigenvalue weighted by atomic mass is 9.98. The van der Waals surface area contributed by atoms with E-state index in [-0.39, 0.29) is 30.1 Å². The van der Waals surface area contributed by atoms with E-state index in [1.54, 1.807) is 6.92 Å². The molecule has 0 saturated heterocycles. The van der Waals surface area contributed by atoms with Crippen LogP contribution in [0, 0.1) is 6.92 Å². The molecule has 1 aliphatic carbocycles. The van der Waals surface area contributed by atoms with Crippen LogP contribution in [-0.4, -0.2) is 34.1 Å². The van der Waals surface area contributed by atoms with E-state index in [9.17, 15) is 14.4 Å². The number of amides is 1. The molecule has 3 aromatic rings. The van der Waals surface area contributed by atoms with Gasteiger partial charge in [-0.15, -0.1) is 11.3 Å². The third-order valence-corrected chi connectivity index (χ3v) is 7.00. The van der Waals surface area contributed by atoms with E-state index in [2.05, 4.69) is 10.3 Å². The number of carbonyl (C=O) groups excluding carboxylic acids is 2. The molecule has 1 aromatic carbocycles. The van der Waals surface area contributed by atoms with Gasteiger partial charge in [0.25, 0.3) is 5.56 Å². The van der Waals surface area contributed by atoms with Crippen molar-refractivity contribution in [3.63, 3.8) is 0 Å². The van der Waals surface area contributed by atoms with E-state index in [0.717, 1.165) is 37.7 Å². The molecule has 4 rings (SSSR count). The Bertz CT molecular complexity index is 1160. The van der Waals surface area contributed by atoms with Crippen LogP contribution >= 0.6 is 11.3 Å². The first kappa shape index (κ1) is 22.2. The molecular formula is C24H27N3O4S. The van der Waals surface area contributed by atoms with Crippen LogP contribution in [0.1, 0.15) is 52.9 Å². The number of esters is 1. The third kappa shape index (κ3) is 5.07. The fourth-order valence-electron chi connectivity index (χ4n) is 4.06. The molecule has 0 bridgehead atoms. The number of aryl methyl sites for hydroxylation is 1. The zero-order valence-electron chi connectivity index (χ0n) is 18.1. The van der Waals surface area contributed by atoms with Crippen molar-refractivity contribution in [1.82, 2.24) is 14.9 Å². The number of aromatic nitrogens is 2. The summed E-state index contributed by atoms with van der Waals surface area (Å²) in [5, 5.41) is 3.22. The molecule has 168 valence electrons. The van der Waals surface area contributed by atoms with E-state index in [1.807, 2.05) is 30.3 Å². The van der Waals surface area contributed by atoms with Gasteiger partial charge < -0.3 is 10.1 Å². The number of nitrogens with zero attached hydrogens (tertiary/aromatic N) is 2. The topological polar surface area (TPSA) is 90.3 Å². The molecule has 1 N–H and O–H groups in total. The quantitative estimate of drug-likeness (QED) is 0.552. The van der Waals surface area contributed by atoms with Crippen molar-refractivity contribution in [2.75, 3.05) is 6.54 Å². The molecule has 0 spiro atoms. The third-order valence-electron chi connectivity index (χ3n) is 5.82. The SMILES string of the molecule is Cc1c(C(=O)OC2CCCCC2)sc2ncn(CC(=O)NCCc3ccccc3)c(=O)c12. The second-order valence-electron chi connectivity index (χ2n) is 8.16. The summed E-state index contributed by atoms with van der Waals surface area (Å²) in [6.07, 6.45) is 7.14. The maximum Gasteiger partial charge on any atom is 0.348 e. The number of thiophene rings is 1. The van der Waals surface area contributed by atoms with Crippen LogP contribution in [0.5, 0.6) is 0 Å². The largest absolute Gasteiger partial charge is 0.458 e. The zero-order chi connectivity index (χ0) is 22.5. The highest BCUT2D eigenvalue weighted by molar-refractivity contribution is 7.20. The standard InChI is InChI=1S/C24H27N3O4S/c1-16-20-22(32-21(16)24(30)31-18-10-6-3-7-11-18)26-15-27(23(20)29)14-19(28)25-13-12-17-8-4-2-5-9-17/h2,4-5,8-9,15,18H,3,6-7,10-14H2,1H3,(H,25,28). The summed E-state index contributed by atoms with van der Waals surface area (Å²) in [5.41, 5.74) is 1.38. The van der Waals surface area contributed by atoms with Gasteiger partial charge in [0.15, 0.2) is 0 Å². The molecule has 0 unspecified atom stereocenters. The van der Waals surface area contributed by atoms with Crippen LogP contribution < -0.4 is 10.9 Å². The van der Waals surface area contributed by atoms with Gasteiger partial charge in [-0.2, -0.15) is 0 Å². The number of rotatable bonds is 7. The first-order valence-corrected chi connectivity index (χ1v) is 11.8. The van der Waals surface area contributed by atoms with Gasteiger partial charge in [-0.25, -0.2) is 9.78 Å². The maximum atomic E-state index is 13.0. The highest BCUT2D eigenvalue weighted by Crippen LogP contribution is 2.29. The average molecular weight is 454 g/mol. The maximum absolute atomic E-state index is 13.0. The summed E-state index contributed by atoms with van der Waals surface area (Å²) in [7, 11) is 0. The number of fused-ring (bicyclic) bond motifs is 1. The molecule has 0 atom stereocenters. The molecule has 8 heteroatoms. The van der Waals surface area contributed by atoms with Crippen LogP contribution in [0.25, 0.3) is 10.2 Å². The fourth-order valence-corrected chi connectivity index (χ4v) is 5.08. The molecule has 1 aliphatic rings. The molecule has 1 amide bonds. The summed E-state index contributed by atoms with van der Waals surface area (Å²) >= 11 is 1.17. The number of carbonyl (C=O) groups is 2. The highest BCUT2D eigenvalue weighted by Gasteiger charge is 2.24. The van der Waals surface area contributed by atoms with Crippen molar-refractivity contribution in [2.45, 2.75) is 58.1 Å². The van der Waals surface area contributed by atoms with Crippen LogP contribution in [-0.2, 0) is 22.5 Å². The van der Waals surface area contributed by atoms with Crippen LogP contribution in [0.2, 0.25) is 0 Å². The van der Waals surface area contributed by atoms with Gasteiger partial charge in [0, 0.05) is 6.54 Å². The molecule has 1 saturated carbocycles. The Balaban J connectivity index is 1.43. The smallest absolute Gasteiger partial charge is 0.348 e. The van der Waals surface area contributed by atoms with Crippen molar-refractivity contribution >= 4 is 33.4 Å². The highest BCUT2D eigenvalue weighted by atomic mass is 32.1. The lowest BCUT2D eigenvalue weighted by Gasteiger charge is -2.21. The minimum Gasteiger partial charge on any atom is -0.458 e. The van der Waals surface area contributed by atoms with Gasteiger partial charge >= 0.3 is 5.97 Å². The molecule has 0 aliphatic heterocycles. The zero-order valence-corrected chi connectivity index (χ0v) is 19.0. The van der Waals surface area contributed by atoms with E-state index < -0.39 is 0 Å². The van der Waals surface area contributed by atoms with Crippen molar-refractivity contribution in [1.29, 1.82) is 0 Å². The van der Waals surface area contributed by atoms with Crippen molar-refractivity contribution in [3.05, 3.63) is 63.0 Å². The predicted molar refractivity (Wildman–Crippen MR) is 124 cm³/mol. The number of ether oxygens (including phenoxy) is 1. The summed E-state index contributed by atoms with van der Waals surface area (Å²) in [6.45, 7) is 2.11. The summed E-state index contributed by atoms with van der Waals surface area (Å²) in [6, 6.07) is 9.88. The van der Waals surface area contributed by atoms with Crippen LogP contribution in [0.4, 0.5) is 0 Å². The Morgan fingerprint density at radius 1 is 1.19 bits per heavy atom. The normalized spacial score (nSPS) is 14.4. The fraction of sp³-hybridized carbons (Fsp3) is 0.417. The Morgan fingerprint density at radius 3 is 2.69 bits per heavy atom. The predicted octanol–water partition coefficient (Wildman–Crippen LogP) is 3.61. The van der Waals surface area contributed by atoms with E-state index in [0.29, 0.717) is 27.2 Å². The Labute approximate surface area is 190 Å². The van der Waals surface area contributed by atoms with E-state index >= 15 is 0 Å². The monoisotopic (exact) mass is 453 g/mol. The molecular weight excluding hydrogens is 426 g/mol. The molecule has 2 heterocycles. The minimum absolute atomic E-state index is 0.0509. The minimum atomic E-state index is -0.387. The van der Waals surface area contributed by atoms with Gasteiger partial charge in [-0.3, -0.25) is 14.2 Å². The Hall–Kier alpha value is -3.00. The first-order chi connectivity index (χ1) is 15.5. The number of benzene rings is 1. The van der Waals surface area contributed by atoms with Gasteiger partial charge in [0.05, 0.1) is 11.7 Å².